The molecule has 2 rings (SSSR count). The summed E-state index contributed by atoms with van der Waals surface area (Å²) in [6.07, 6.45) is 0.409. The molecular formula is C22H29NO2. The van der Waals surface area contributed by atoms with E-state index in [9.17, 15) is 4.79 Å². The maximum absolute atomic E-state index is 11.3. The molecule has 0 aliphatic rings. The van der Waals surface area contributed by atoms with E-state index in [4.69, 9.17) is 4.74 Å². The zero-order valence-corrected chi connectivity index (χ0v) is 15.8. The Hall–Kier alpha value is -2.13. The van der Waals surface area contributed by atoms with Crippen molar-refractivity contribution in [1.82, 2.24) is 5.32 Å². The molecule has 2 aromatic carbocycles. The highest BCUT2D eigenvalue weighted by atomic mass is 16.5. The van der Waals surface area contributed by atoms with Crippen molar-refractivity contribution in [2.75, 3.05) is 13.2 Å². The lowest BCUT2D eigenvalue weighted by atomic mass is 9.86. The molecule has 0 heterocycles. The number of esters is 1. The van der Waals surface area contributed by atoms with Gasteiger partial charge in [-0.25, -0.2) is 0 Å². The summed E-state index contributed by atoms with van der Waals surface area (Å²) in [4.78, 5) is 11.3. The molecule has 134 valence electrons. The SMILES string of the molecule is CCOC(=O)CCNCc1ccc(-c2ccc(C(C)(C)C)cc2)cc1. The summed E-state index contributed by atoms with van der Waals surface area (Å²) in [6.45, 7) is 10.3. The van der Waals surface area contributed by atoms with Gasteiger partial charge >= 0.3 is 5.97 Å². The maximum atomic E-state index is 11.3. The van der Waals surface area contributed by atoms with Crippen molar-refractivity contribution >= 4 is 5.97 Å². The predicted octanol–water partition coefficient (Wildman–Crippen LogP) is 4.69. The number of nitrogens with one attached hydrogen (secondary N) is 1. The van der Waals surface area contributed by atoms with Crippen LogP contribution in [0.5, 0.6) is 0 Å². The Balaban J connectivity index is 1.88. The van der Waals surface area contributed by atoms with Gasteiger partial charge in [-0.1, -0.05) is 69.3 Å². The van der Waals surface area contributed by atoms with Gasteiger partial charge in [-0.2, -0.15) is 0 Å². The lowest BCUT2D eigenvalue weighted by Gasteiger charge is -2.19. The van der Waals surface area contributed by atoms with E-state index in [0.29, 0.717) is 19.6 Å². The van der Waals surface area contributed by atoms with Crippen LogP contribution in [0.25, 0.3) is 11.1 Å². The van der Waals surface area contributed by atoms with Crippen LogP contribution in [-0.2, 0) is 21.5 Å². The molecule has 0 spiro atoms. The van der Waals surface area contributed by atoms with Crippen LogP contribution in [0.3, 0.4) is 0 Å². The molecule has 0 aliphatic heterocycles. The van der Waals surface area contributed by atoms with Crippen LogP contribution in [0.4, 0.5) is 0 Å². The Morgan fingerprint density at radius 2 is 1.52 bits per heavy atom. The van der Waals surface area contributed by atoms with Crippen molar-refractivity contribution < 1.29 is 9.53 Å². The van der Waals surface area contributed by atoms with E-state index in [1.54, 1.807) is 0 Å². The Bertz CT molecular complexity index is 667. The molecule has 3 nitrogen and oxygen atoms in total. The van der Waals surface area contributed by atoms with E-state index in [1.807, 2.05) is 6.92 Å². The minimum Gasteiger partial charge on any atom is -0.466 e. The first-order valence-electron chi connectivity index (χ1n) is 8.96. The van der Waals surface area contributed by atoms with Crippen molar-refractivity contribution in [3.63, 3.8) is 0 Å². The highest BCUT2D eigenvalue weighted by molar-refractivity contribution is 5.69. The van der Waals surface area contributed by atoms with Crippen LogP contribution >= 0.6 is 0 Å². The largest absolute Gasteiger partial charge is 0.466 e. The zero-order chi connectivity index (χ0) is 18.3. The summed E-state index contributed by atoms with van der Waals surface area (Å²) < 4.78 is 4.91. The fourth-order valence-electron chi connectivity index (χ4n) is 2.63. The molecule has 0 amide bonds. The summed E-state index contributed by atoms with van der Waals surface area (Å²) >= 11 is 0. The van der Waals surface area contributed by atoms with Crippen LogP contribution in [0.1, 0.15) is 45.2 Å². The molecule has 0 saturated heterocycles. The predicted molar refractivity (Wildman–Crippen MR) is 104 cm³/mol. The molecule has 1 N–H and O–H groups in total. The number of hydrogen-bond acceptors (Lipinski definition) is 3. The Kier molecular flexibility index (Phi) is 6.77. The van der Waals surface area contributed by atoms with Gasteiger partial charge in [0.2, 0.25) is 0 Å². The number of ether oxygens (including phenoxy) is 1. The third kappa shape index (κ3) is 6.02. The second kappa shape index (κ2) is 8.82. The van der Waals surface area contributed by atoms with Gasteiger partial charge in [0, 0.05) is 13.1 Å². The quantitative estimate of drug-likeness (QED) is 0.587. The molecule has 0 radical (unpaired) electrons. The highest BCUT2D eigenvalue weighted by Gasteiger charge is 2.13. The first-order chi connectivity index (χ1) is 11.9. The third-order valence-electron chi connectivity index (χ3n) is 4.18. The van der Waals surface area contributed by atoms with Crippen molar-refractivity contribution in [3.8, 4) is 11.1 Å². The zero-order valence-electron chi connectivity index (χ0n) is 15.8. The van der Waals surface area contributed by atoms with Crippen LogP contribution in [0.2, 0.25) is 0 Å². The van der Waals surface area contributed by atoms with E-state index in [0.717, 1.165) is 6.54 Å². The van der Waals surface area contributed by atoms with E-state index < -0.39 is 0 Å². The highest BCUT2D eigenvalue weighted by Crippen LogP contribution is 2.26. The molecule has 0 unspecified atom stereocenters. The minimum absolute atomic E-state index is 0.149. The maximum Gasteiger partial charge on any atom is 0.307 e. The molecular weight excluding hydrogens is 310 g/mol. The van der Waals surface area contributed by atoms with E-state index in [2.05, 4.69) is 74.6 Å². The summed E-state index contributed by atoms with van der Waals surface area (Å²) in [5, 5.41) is 3.27. The normalized spacial score (nSPS) is 11.4. The van der Waals surface area contributed by atoms with Crippen LogP contribution in [0, 0.1) is 0 Å². The molecule has 0 atom stereocenters. The fraction of sp³-hybridized carbons (Fsp3) is 0.409. The standard InChI is InChI=1S/C22H29NO2/c1-5-25-21(24)14-15-23-16-17-6-8-18(9-7-17)19-10-12-20(13-11-19)22(2,3)4/h6-13,23H,5,14-16H2,1-4H3. The fourth-order valence-corrected chi connectivity index (χ4v) is 2.63. The summed E-state index contributed by atoms with van der Waals surface area (Å²) in [6, 6.07) is 17.3. The lowest BCUT2D eigenvalue weighted by Crippen LogP contribution is -2.18. The number of hydrogen-bond donors (Lipinski definition) is 1. The first kappa shape index (κ1) is 19.2. The van der Waals surface area contributed by atoms with Gasteiger partial charge in [-0.15, -0.1) is 0 Å². The van der Waals surface area contributed by atoms with Crippen LogP contribution in [0.15, 0.2) is 48.5 Å². The summed E-state index contributed by atoms with van der Waals surface area (Å²) in [5.74, 6) is -0.149. The van der Waals surface area contributed by atoms with E-state index in [1.165, 1.54) is 22.3 Å². The number of benzene rings is 2. The van der Waals surface area contributed by atoms with Gasteiger partial charge in [0.15, 0.2) is 0 Å². The van der Waals surface area contributed by atoms with Gasteiger partial charge in [0.25, 0.3) is 0 Å². The topological polar surface area (TPSA) is 38.3 Å². The van der Waals surface area contributed by atoms with Crippen molar-refractivity contribution in [2.45, 2.75) is 46.1 Å². The molecule has 0 aliphatic carbocycles. The van der Waals surface area contributed by atoms with Crippen molar-refractivity contribution in [1.29, 1.82) is 0 Å². The number of rotatable bonds is 7. The molecule has 0 saturated carbocycles. The molecule has 0 bridgehead atoms. The second-order valence-corrected chi connectivity index (χ2v) is 7.26. The smallest absolute Gasteiger partial charge is 0.307 e. The van der Waals surface area contributed by atoms with Gasteiger partial charge < -0.3 is 10.1 Å². The molecule has 0 aromatic heterocycles. The van der Waals surface area contributed by atoms with Crippen molar-refractivity contribution in [3.05, 3.63) is 59.7 Å². The number of carbonyl (C=O) groups excluding carboxylic acids is 1. The average molecular weight is 339 g/mol. The Labute approximate surface area is 151 Å². The third-order valence-corrected chi connectivity index (χ3v) is 4.18. The van der Waals surface area contributed by atoms with Gasteiger partial charge in [-0.05, 0) is 34.6 Å². The molecule has 25 heavy (non-hydrogen) atoms. The number of carbonyl (C=O) groups is 1. The average Bonchev–Trinajstić information content (AvgIpc) is 2.59. The molecule has 2 aromatic rings. The molecule has 0 fully saturated rings. The first-order valence-corrected chi connectivity index (χ1v) is 8.96. The lowest BCUT2D eigenvalue weighted by molar-refractivity contribution is -0.142. The second-order valence-electron chi connectivity index (χ2n) is 7.26. The van der Waals surface area contributed by atoms with Crippen molar-refractivity contribution in [2.24, 2.45) is 0 Å². The van der Waals surface area contributed by atoms with Crippen LogP contribution in [-0.4, -0.2) is 19.1 Å². The van der Waals surface area contributed by atoms with Crippen LogP contribution < -0.4 is 5.32 Å². The summed E-state index contributed by atoms with van der Waals surface area (Å²) in [7, 11) is 0. The summed E-state index contributed by atoms with van der Waals surface area (Å²) in [5.41, 5.74) is 5.18. The van der Waals surface area contributed by atoms with Gasteiger partial charge in [-0.3, -0.25) is 4.79 Å². The Morgan fingerprint density at radius 1 is 0.960 bits per heavy atom. The van der Waals surface area contributed by atoms with Gasteiger partial charge in [0.05, 0.1) is 13.0 Å². The Morgan fingerprint density at radius 3 is 2.04 bits per heavy atom. The van der Waals surface area contributed by atoms with E-state index >= 15 is 0 Å². The minimum atomic E-state index is -0.149. The monoisotopic (exact) mass is 339 g/mol. The van der Waals surface area contributed by atoms with E-state index in [-0.39, 0.29) is 11.4 Å². The van der Waals surface area contributed by atoms with Gasteiger partial charge in [0.1, 0.15) is 0 Å². The molecule has 3 heteroatoms.